The Morgan fingerprint density at radius 2 is 2.23 bits per heavy atom. The van der Waals surface area contributed by atoms with Crippen LogP contribution in [0.3, 0.4) is 0 Å². The second kappa shape index (κ2) is 6.68. The highest BCUT2D eigenvalue weighted by molar-refractivity contribution is 9.11. The van der Waals surface area contributed by atoms with E-state index in [0.29, 0.717) is 5.84 Å². The summed E-state index contributed by atoms with van der Waals surface area (Å²) in [6.07, 6.45) is 3.69. The van der Waals surface area contributed by atoms with Gasteiger partial charge in [0.1, 0.15) is 5.84 Å². The smallest absolute Gasteiger partial charge is 0.143 e. The van der Waals surface area contributed by atoms with Gasteiger partial charge in [0.25, 0.3) is 0 Å². The summed E-state index contributed by atoms with van der Waals surface area (Å²) in [6, 6.07) is 0. The molecule has 0 amide bonds. The molecule has 0 aromatic heterocycles. The molecule has 3 N–H and O–H groups in total. The maximum Gasteiger partial charge on any atom is 0.143 e. The Bertz CT molecular complexity index is 232. The second-order valence-corrected chi connectivity index (χ2v) is 2.79. The number of allylic oxidation sites excluding steroid dienone is 2. The minimum absolute atomic E-state index is 0.488. The zero-order valence-electron chi connectivity index (χ0n) is 8.08. The number of rotatable bonds is 4. The summed E-state index contributed by atoms with van der Waals surface area (Å²) in [5, 5.41) is 1.79. The van der Waals surface area contributed by atoms with Crippen LogP contribution in [0.2, 0.25) is 0 Å². The van der Waals surface area contributed by atoms with Crippen LogP contribution in [-0.4, -0.2) is 32.0 Å². The molecule has 0 radical (unpaired) electrons. The topological polar surface area (TPSA) is 53.6 Å². The van der Waals surface area contributed by atoms with Gasteiger partial charge in [-0.05, 0) is 11.1 Å². The molecular weight excluding hydrogens is 232 g/mol. The van der Waals surface area contributed by atoms with E-state index in [1.165, 1.54) is 0 Å². The van der Waals surface area contributed by atoms with Crippen molar-refractivity contribution in [3.05, 3.63) is 22.8 Å². The lowest BCUT2D eigenvalue weighted by atomic mass is 10.3. The summed E-state index contributed by atoms with van der Waals surface area (Å²) in [4.78, 5) is 5.66. The van der Waals surface area contributed by atoms with Crippen LogP contribution in [-0.2, 0) is 0 Å². The first-order valence-electron chi connectivity index (χ1n) is 3.78. The number of likely N-dealkylation sites (N-methyl/N-ethyl adjacent to an activating group) is 1. The first-order valence-corrected chi connectivity index (χ1v) is 4.69. The first kappa shape index (κ1) is 12.2. The Labute approximate surface area is 87.3 Å². The van der Waals surface area contributed by atoms with Gasteiger partial charge in [-0.2, -0.15) is 0 Å². The highest BCUT2D eigenvalue weighted by Crippen LogP contribution is 1.99. The molecule has 0 heterocycles. The van der Waals surface area contributed by atoms with Crippen molar-refractivity contribution < 1.29 is 0 Å². The Morgan fingerprint density at radius 3 is 2.62 bits per heavy atom. The Kier molecular flexibility index (Phi) is 6.26. The van der Waals surface area contributed by atoms with Crippen molar-refractivity contribution in [1.82, 2.24) is 10.4 Å². The Morgan fingerprint density at radius 1 is 1.62 bits per heavy atom. The zero-order chi connectivity index (χ0) is 10.3. The van der Waals surface area contributed by atoms with E-state index in [2.05, 4.69) is 26.3 Å². The number of nitrogens with zero attached hydrogens (tertiary/aromatic N) is 2. The van der Waals surface area contributed by atoms with Crippen LogP contribution in [0.15, 0.2) is 27.8 Å². The molecule has 0 aliphatic heterocycles. The fourth-order valence-electron chi connectivity index (χ4n) is 0.732. The Hall–Kier alpha value is -0.810. The first-order chi connectivity index (χ1) is 6.17. The summed E-state index contributed by atoms with van der Waals surface area (Å²) < 4.78 is 0. The van der Waals surface area contributed by atoms with Gasteiger partial charge >= 0.3 is 0 Å². The standard InChI is InChI=1S/C8H15BrN4/c1-11-8(10)7(5-4-6-9)13(3)12-2/h4-6,12H,1-3H3,(H2,10,11)/b6-4+,7-5-. The van der Waals surface area contributed by atoms with Crippen molar-refractivity contribution in [1.29, 1.82) is 0 Å². The largest absolute Gasteiger partial charge is 0.382 e. The van der Waals surface area contributed by atoms with E-state index in [-0.39, 0.29) is 0 Å². The molecule has 0 spiro atoms. The van der Waals surface area contributed by atoms with E-state index >= 15 is 0 Å². The quantitative estimate of drug-likeness (QED) is 0.335. The van der Waals surface area contributed by atoms with Crippen LogP contribution < -0.4 is 11.2 Å². The third-order valence-corrected chi connectivity index (χ3v) is 1.83. The molecule has 0 aromatic carbocycles. The number of hydrogen-bond donors (Lipinski definition) is 2. The molecule has 0 saturated carbocycles. The van der Waals surface area contributed by atoms with Crippen LogP contribution in [0.1, 0.15) is 0 Å². The lowest BCUT2D eigenvalue weighted by molar-refractivity contribution is 0.348. The van der Waals surface area contributed by atoms with Crippen LogP contribution in [0.4, 0.5) is 0 Å². The van der Waals surface area contributed by atoms with Gasteiger partial charge in [0, 0.05) is 21.1 Å². The fraction of sp³-hybridized carbons (Fsp3) is 0.375. The van der Waals surface area contributed by atoms with Crippen LogP contribution >= 0.6 is 15.9 Å². The van der Waals surface area contributed by atoms with E-state index in [1.807, 2.05) is 26.2 Å². The molecule has 0 aliphatic rings. The SMILES string of the molecule is CN=C(N)/C(=C/C=C/Br)N(C)NC. The second-order valence-electron chi connectivity index (χ2n) is 2.26. The van der Waals surface area contributed by atoms with Crippen LogP contribution in [0.5, 0.6) is 0 Å². The highest BCUT2D eigenvalue weighted by atomic mass is 79.9. The van der Waals surface area contributed by atoms with Gasteiger partial charge in [-0.15, -0.1) is 0 Å². The molecule has 13 heavy (non-hydrogen) atoms. The van der Waals surface area contributed by atoms with Crippen LogP contribution in [0.25, 0.3) is 0 Å². The fourth-order valence-corrected chi connectivity index (χ4v) is 0.884. The number of hydrogen-bond acceptors (Lipinski definition) is 3. The third-order valence-electron chi connectivity index (χ3n) is 1.53. The van der Waals surface area contributed by atoms with Crippen molar-refractivity contribution in [2.45, 2.75) is 0 Å². The predicted octanol–water partition coefficient (Wildman–Crippen LogP) is 0.832. The summed E-state index contributed by atoms with van der Waals surface area (Å²) in [7, 11) is 5.34. The molecule has 0 fully saturated rings. The molecule has 5 heteroatoms. The lowest BCUT2D eigenvalue weighted by Crippen LogP contribution is -2.36. The van der Waals surface area contributed by atoms with Crippen molar-refractivity contribution in [2.24, 2.45) is 10.7 Å². The third kappa shape index (κ3) is 4.10. The normalized spacial score (nSPS) is 13.8. The van der Waals surface area contributed by atoms with Gasteiger partial charge in [-0.3, -0.25) is 4.99 Å². The van der Waals surface area contributed by atoms with Gasteiger partial charge in [-0.1, -0.05) is 22.0 Å². The van der Waals surface area contributed by atoms with Crippen molar-refractivity contribution in [3.8, 4) is 0 Å². The molecule has 0 atom stereocenters. The summed E-state index contributed by atoms with van der Waals surface area (Å²) >= 11 is 3.18. The molecule has 0 aromatic rings. The van der Waals surface area contributed by atoms with E-state index in [0.717, 1.165) is 5.70 Å². The summed E-state index contributed by atoms with van der Waals surface area (Å²) in [6.45, 7) is 0. The molecule has 0 unspecified atom stereocenters. The van der Waals surface area contributed by atoms with Gasteiger partial charge in [0.2, 0.25) is 0 Å². The maximum atomic E-state index is 5.69. The number of nitrogens with one attached hydrogen (secondary N) is 1. The molecule has 74 valence electrons. The van der Waals surface area contributed by atoms with E-state index < -0.39 is 0 Å². The molecule has 0 rings (SSSR count). The molecule has 4 nitrogen and oxygen atoms in total. The van der Waals surface area contributed by atoms with Crippen molar-refractivity contribution >= 4 is 21.8 Å². The Balaban J connectivity index is 4.75. The van der Waals surface area contributed by atoms with E-state index in [4.69, 9.17) is 5.73 Å². The van der Waals surface area contributed by atoms with E-state index in [1.54, 1.807) is 17.0 Å². The summed E-state index contributed by atoms with van der Waals surface area (Å²) in [5.41, 5.74) is 9.45. The van der Waals surface area contributed by atoms with Gasteiger partial charge < -0.3 is 10.7 Å². The number of nitrogens with two attached hydrogens (primary N) is 1. The molecular formula is C8H15BrN4. The van der Waals surface area contributed by atoms with Crippen molar-refractivity contribution in [2.75, 3.05) is 21.1 Å². The number of aliphatic imine (C=N–C) groups is 1. The minimum atomic E-state index is 0.488. The average molecular weight is 247 g/mol. The lowest BCUT2D eigenvalue weighted by Gasteiger charge is -2.20. The van der Waals surface area contributed by atoms with E-state index in [9.17, 15) is 0 Å². The highest BCUT2D eigenvalue weighted by Gasteiger charge is 2.04. The van der Waals surface area contributed by atoms with Crippen molar-refractivity contribution in [3.63, 3.8) is 0 Å². The summed E-state index contributed by atoms with van der Waals surface area (Å²) in [5.74, 6) is 0.488. The number of hydrazine groups is 1. The number of amidine groups is 1. The monoisotopic (exact) mass is 246 g/mol. The zero-order valence-corrected chi connectivity index (χ0v) is 9.67. The van der Waals surface area contributed by atoms with Gasteiger partial charge in [0.05, 0.1) is 5.70 Å². The molecule has 0 bridgehead atoms. The maximum absolute atomic E-state index is 5.69. The molecule has 0 saturated heterocycles. The predicted molar refractivity (Wildman–Crippen MR) is 60.5 cm³/mol. The van der Waals surface area contributed by atoms with Gasteiger partial charge in [0.15, 0.2) is 0 Å². The van der Waals surface area contributed by atoms with Crippen LogP contribution in [0, 0.1) is 0 Å². The molecule has 0 aliphatic carbocycles. The number of halogens is 1. The minimum Gasteiger partial charge on any atom is -0.382 e. The van der Waals surface area contributed by atoms with Gasteiger partial charge in [-0.25, -0.2) is 5.43 Å². The average Bonchev–Trinajstić information content (AvgIpc) is 2.17.